The van der Waals surface area contributed by atoms with Crippen LogP contribution in [-0.2, 0) is 19.5 Å². The molecule has 0 saturated carbocycles. The zero-order valence-corrected chi connectivity index (χ0v) is 18.8. The number of anilines is 1. The molecule has 1 aliphatic heterocycles. The first-order valence-corrected chi connectivity index (χ1v) is 11.4. The number of imidazole rings is 1. The summed E-state index contributed by atoms with van der Waals surface area (Å²) in [6.45, 7) is -0.431. The fourth-order valence-electron chi connectivity index (χ4n) is 3.42. The lowest BCUT2D eigenvalue weighted by molar-refractivity contribution is -0.0565. The quantitative estimate of drug-likeness (QED) is 0.299. The lowest BCUT2D eigenvalue weighted by Crippen LogP contribution is -2.34. The van der Waals surface area contributed by atoms with E-state index in [2.05, 4.69) is 15.0 Å². The van der Waals surface area contributed by atoms with Crippen LogP contribution >= 0.6 is 0 Å². The van der Waals surface area contributed by atoms with Gasteiger partial charge in [0.05, 0.1) is 16.8 Å². The molecule has 0 radical (unpaired) electrons. The SMILES string of the molecule is CN(C(=O)O)S(=O)(=O)c1ccc(C(=O)OC[C@H]2O[C@@H](n3cnc4c(N)ncnc43)[C@H](O)[C@@H]2O)cc1. The van der Waals surface area contributed by atoms with E-state index in [1.807, 2.05) is 0 Å². The summed E-state index contributed by atoms with van der Waals surface area (Å²) in [5, 5.41) is 29.7. The molecule has 1 amide bonds. The Kier molecular flexibility index (Phi) is 6.28. The number of hydrogen-bond donors (Lipinski definition) is 4. The van der Waals surface area contributed by atoms with Gasteiger partial charge in [0.15, 0.2) is 17.7 Å². The summed E-state index contributed by atoms with van der Waals surface area (Å²) in [6.07, 6.45) is -4.14. The fourth-order valence-corrected chi connectivity index (χ4v) is 4.42. The third-order valence-corrected chi connectivity index (χ3v) is 7.14. The third kappa shape index (κ3) is 4.34. The molecule has 2 aromatic heterocycles. The highest BCUT2D eigenvalue weighted by atomic mass is 32.2. The molecule has 1 aliphatic rings. The first-order valence-electron chi connectivity index (χ1n) is 9.96. The fraction of sp³-hybridized carbons (Fsp3) is 0.316. The predicted molar refractivity (Wildman–Crippen MR) is 115 cm³/mol. The summed E-state index contributed by atoms with van der Waals surface area (Å²) in [5.41, 5.74) is 6.29. The summed E-state index contributed by atoms with van der Waals surface area (Å²) < 4.78 is 36.7. The molecule has 0 aliphatic carbocycles. The van der Waals surface area contributed by atoms with Crippen molar-refractivity contribution in [1.29, 1.82) is 0 Å². The first-order chi connectivity index (χ1) is 16.5. The Labute approximate surface area is 197 Å². The molecule has 186 valence electrons. The lowest BCUT2D eigenvalue weighted by Gasteiger charge is -2.16. The maximum Gasteiger partial charge on any atom is 0.421 e. The maximum absolute atomic E-state index is 12.4. The van der Waals surface area contributed by atoms with Gasteiger partial charge in [0.25, 0.3) is 10.0 Å². The minimum absolute atomic E-state index is 0.0284. The van der Waals surface area contributed by atoms with E-state index in [1.165, 1.54) is 17.2 Å². The van der Waals surface area contributed by atoms with Gasteiger partial charge in [-0.25, -0.2) is 37.3 Å². The van der Waals surface area contributed by atoms with Gasteiger partial charge in [0.1, 0.15) is 36.8 Å². The highest BCUT2D eigenvalue weighted by molar-refractivity contribution is 7.89. The smallest absolute Gasteiger partial charge is 0.421 e. The van der Waals surface area contributed by atoms with E-state index in [0.717, 1.165) is 31.3 Å². The Balaban J connectivity index is 1.43. The molecule has 1 aromatic carbocycles. The number of amides is 1. The molecule has 0 bridgehead atoms. The van der Waals surface area contributed by atoms with Crippen LogP contribution in [-0.4, -0.2) is 91.6 Å². The van der Waals surface area contributed by atoms with Crippen LogP contribution in [0, 0.1) is 0 Å². The number of aliphatic hydroxyl groups is 2. The van der Waals surface area contributed by atoms with Crippen LogP contribution in [0.25, 0.3) is 11.2 Å². The Bertz CT molecular complexity index is 1380. The number of fused-ring (bicyclic) bond motifs is 1. The molecular weight excluding hydrogens is 488 g/mol. The Hall–Kier alpha value is -3.86. The van der Waals surface area contributed by atoms with Gasteiger partial charge in [-0.3, -0.25) is 4.57 Å². The van der Waals surface area contributed by atoms with Crippen LogP contribution in [0.4, 0.5) is 10.6 Å². The van der Waals surface area contributed by atoms with E-state index >= 15 is 0 Å². The second-order valence-electron chi connectivity index (χ2n) is 7.51. The molecule has 4 rings (SSSR count). The van der Waals surface area contributed by atoms with Crippen molar-refractivity contribution in [2.24, 2.45) is 0 Å². The van der Waals surface area contributed by atoms with E-state index in [-0.39, 0.29) is 31.7 Å². The van der Waals surface area contributed by atoms with Crippen molar-refractivity contribution in [2.45, 2.75) is 29.4 Å². The predicted octanol–water partition coefficient (Wildman–Crippen LogP) is -0.817. The van der Waals surface area contributed by atoms with Crippen LogP contribution in [0.5, 0.6) is 0 Å². The molecule has 0 spiro atoms. The van der Waals surface area contributed by atoms with Gasteiger partial charge in [-0.15, -0.1) is 0 Å². The summed E-state index contributed by atoms with van der Waals surface area (Å²) >= 11 is 0. The Morgan fingerprint density at radius 2 is 1.86 bits per heavy atom. The number of nitrogen functional groups attached to an aromatic ring is 1. The van der Waals surface area contributed by atoms with E-state index < -0.39 is 53.2 Å². The largest absolute Gasteiger partial charge is 0.464 e. The molecule has 3 aromatic rings. The van der Waals surface area contributed by atoms with Crippen molar-refractivity contribution in [3.05, 3.63) is 42.5 Å². The van der Waals surface area contributed by atoms with Gasteiger partial charge in [-0.1, -0.05) is 0 Å². The number of rotatable bonds is 6. The minimum atomic E-state index is -4.29. The monoisotopic (exact) mass is 508 g/mol. The van der Waals surface area contributed by atoms with E-state index in [4.69, 9.17) is 20.3 Å². The number of nitrogens with two attached hydrogens (primary N) is 1. The van der Waals surface area contributed by atoms with Gasteiger partial charge in [-0.05, 0) is 24.3 Å². The van der Waals surface area contributed by atoms with Crippen molar-refractivity contribution in [1.82, 2.24) is 23.8 Å². The molecule has 0 unspecified atom stereocenters. The van der Waals surface area contributed by atoms with Crippen molar-refractivity contribution in [3.63, 3.8) is 0 Å². The van der Waals surface area contributed by atoms with Crippen LogP contribution < -0.4 is 5.73 Å². The summed E-state index contributed by atoms with van der Waals surface area (Å²) in [4.78, 5) is 35.0. The highest BCUT2D eigenvalue weighted by Gasteiger charge is 2.45. The molecule has 16 heteroatoms. The summed E-state index contributed by atoms with van der Waals surface area (Å²) in [6, 6.07) is 4.42. The molecule has 4 atom stereocenters. The topological polar surface area (TPSA) is 220 Å². The number of nitrogens with zero attached hydrogens (tertiary/aromatic N) is 5. The van der Waals surface area contributed by atoms with Crippen LogP contribution in [0.3, 0.4) is 0 Å². The van der Waals surface area contributed by atoms with Gasteiger partial charge in [0, 0.05) is 7.05 Å². The number of carbonyl (C=O) groups excluding carboxylic acids is 1. The molecule has 3 heterocycles. The van der Waals surface area contributed by atoms with Gasteiger partial charge < -0.3 is 30.5 Å². The number of aromatic nitrogens is 4. The van der Waals surface area contributed by atoms with Crippen molar-refractivity contribution >= 4 is 39.1 Å². The number of esters is 1. The van der Waals surface area contributed by atoms with Gasteiger partial charge in [-0.2, -0.15) is 0 Å². The molecular formula is C19H20N6O9S. The highest BCUT2D eigenvalue weighted by Crippen LogP contribution is 2.32. The number of sulfonamides is 1. The number of carbonyl (C=O) groups is 2. The lowest BCUT2D eigenvalue weighted by atomic mass is 10.1. The Morgan fingerprint density at radius 1 is 1.17 bits per heavy atom. The minimum Gasteiger partial charge on any atom is -0.464 e. The number of hydrogen-bond acceptors (Lipinski definition) is 12. The molecule has 1 fully saturated rings. The van der Waals surface area contributed by atoms with Gasteiger partial charge in [0.2, 0.25) is 0 Å². The number of benzene rings is 1. The standard InChI is InChI=1S/C19H20N6O9S/c1-24(19(29)30)35(31,32)10-4-2-9(3-5-10)18(28)33-6-11-13(26)14(27)17(34-11)25-8-23-12-15(20)21-7-22-16(12)25/h2-5,7-8,11,13-14,17,26-27H,6H2,1H3,(H,29,30)(H2,20,21,22)/t11-,13-,14-,17-/m1/s1. The number of ether oxygens (including phenoxy) is 2. The Morgan fingerprint density at radius 3 is 2.51 bits per heavy atom. The van der Waals surface area contributed by atoms with Crippen molar-refractivity contribution in [2.75, 3.05) is 19.4 Å². The number of aliphatic hydroxyl groups excluding tert-OH is 2. The molecule has 5 N–H and O–H groups in total. The van der Waals surface area contributed by atoms with Crippen LogP contribution in [0.1, 0.15) is 16.6 Å². The zero-order chi connectivity index (χ0) is 25.5. The molecule has 1 saturated heterocycles. The molecule has 35 heavy (non-hydrogen) atoms. The summed E-state index contributed by atoms with van der Waals surface area (Å²) in [7, 11) is -3.41. The van der Waals surface area contributed by atoms with E-state index in [1.54, 1.807) is 0 Å². The van der Waals surface area contributed by atoms with Gasteiger partial charge >= 0.3 is 12.1 Å². The average Bonchev–Trinajstić information content (AvgIpc) is 3.39. The average molecular weight is 508 g/mol. The molecule has 15 nitrogen and oxygen atoms in total. The maximum atomic E-state index is 12.4. The van der Waals surface area contributed by atoms with Crippen LogP contribution in [0.2, 0.25) is 0 Å². The third-order valence-electron chi connectivity index (χ3n) is 5.39. The first kappa shape index (κ1) is 24.3. The zero-order valence-electron chi connectivity index (χ0n) is 18.0. The second-order valence-corrected chi connectivity index (χ2v) is 9.48. The normalized spacial score (nSPS) is 22.3. The van der Waals surface area contributed by atoms with E-state index in [0.29, 0.717) is 0 Å². The second kappa shape index (κ2) is 9.06. The van der Waals surface area contributed by atoms with Crippen LogP contribution in [0.15, 0.2) is 41.8 Å². The van der Waals surface area contributed by atoms with Crippen molar-refractivity contribution in [3.8, 4) is 0 Å². The van der Waals surface area contributed by atoms with E-state index in [9.17, 15) is 28.2 Å². The number of carboxylic acid groups (broad SMARTS) is 1. The van der Waals surface area contributed by atoms with Crippen molar-refractivity contribution < 1.29 is 42.8 Å². The summed E-state index contributed by atoms with van der Waals surface area (Å²) in [5.74, 6) is -0.733.